The maximum atomic E-state index is 12.3. The van der Waals surface area contributed by atoms with Gasteiger partial charge in [0.05, 0.1) is 17.8 Å². The molecule has 2 aliphatic rings. The fourth-order valence-corrected chi connectivity index (χ4v) is 3.21. The fourth-order valence-electron chi connectivity index (χ4n) is 1.30. The Morgan fingerprint density at radius 3 is 1.73 bits per heavy atom. The summed E-state index contributed by atoms with van der Waals surface area (Å²) in [4.78, 5) is 0. The van der Waals surface area contributed by atoms with Crippen LogP contribution in [0, 0.1) is 0 Å². The minimum Gasteiger partial charge on any atom is -0.287 e. The van der Waals surface area contributed by atoms with Crippen molar-refractivity contribution in [1.29, 1.82) is 0 Å². The zero-order chi connectivity index (χ0) is 11.2. The van der Waals surface area contributed by atoms with Crippen LogP contribution in [0.3, 0.4) is 0 Å². The first-order valence-corrected chi connectivity index (χ1v) is 7.01. The molecule has 0 spiro atoms. The standard InChI is InChI=1S/C10H19O4P/c1-4-12-15(11,13-9(2)5-6-9)14-10(3)7-8-10/h4-8H2,1-3H3. The largest absolute Gasteiger partial charge is 0.475 e. The molecule has 0 aliphatic heterocycles. The van der Waals surface area contributed by atoms with Crippen molar-refractivity contribution in [2.45, 2.75) is 57.7 Å². The summed E-state index contributed by atoms with van der Waals surface area (Å²) in [5, 5.41) is 0. The molecule has 0 unspecified atom stereocenters. The lowest BCUT2D eigenvalue weighted by molar-refractivity contribution is 0.0484. The second-order valence-corrected chi connectivity index (χ2v) is 6.47. The van der Waals surface area contributed by atoms with E-state index in [1.807, 2.05) is 13.8 Å². The first kappa shape index (κ1) is 11.6. The topological polar surface area (TPSA) is 44.8 Å². The smallest absolute Gasteiger partial charge is 0.287 e. The SMILES string of the molecule is CCOP(=O)(OC1(C)CC1)OC1(C)CC1. The van der Waals surface area contributed by atoms with Crippen molar-refractivity contribution in [3.8, 4) is 0 Å². The molecule has 2 saturated carbocycles. The van der Waals surface area contributed by atoms with Crippen LogP contribution in [0.25, 0.3) is 0 Å². The van der Waals surface area contributed by atoms with Crippen molar-refractivity contribution < 1.29 is 18.1 Å². The molecule has 0 saturated heterocycles. The van der Waals surface area contributed by atoms with Gasteiger partial charge in [-0.05, 0) is 46.5 Å². The number of phosphoric acid groups is 1. The highest BCUT2D eigenvalue weighted by Crippen LogP contribution is 2.63. The highest BCUT2D eigenvalue weighted by Gasteiger charge is 2.52. The molecule has 0 heterocycles. The third-order valence-corrected chi connectivity index (χ3v) is 4.76. The van der Waals surface area contributed by atoms with Crippen molar-refractivity contribution in [3.63, 3.8) is 0 Å². The lowest BCUT2D eigenvalue weighted by Crippen LogP contribution is -2.15. The highest BCUT2D eigenvalue weighted by molar-refractivity contribution is 7.48. The third kappa shape index (κ3) is 3.04. The Hall–Kier alpha value is 0.110. The van der Waals surface area contributed by atoms with Gasteiger partial charge in [0, 0.05) is 0 Å². The summed E-state index contributed by atoms with van der Waals surface area (Å²) in [6.45, 7) is 6.03. The molecule has 0 aromatic heterocycles. The number of phosphoric ester groups is 1. The minimum atomic E-state index is -3.34. The van der Waals surface area contributed by atoms with Crippen LogP contribution in [0.2, 0.25) is 0 Å². The molecule has 0 aromatic carbocycles. The van der Waals surface area contributed by atoms with E-state index < -0.39 is 7.82 Å². The van der Waals surface area contributed by atoms with Crippen molar-refractivity contribution in [2.24, 2.45) is 0 Å². The van der Waals surface area contributed by atoms with Crippen LogP contribution in [0.15, 0.2) is 0 Å². The molecule has 0 aromatic rings. The summed E-state index contributed by atoms with van der Waals surface area (Å²) >= 11 is 0. The summed E-state index contributed by atoms with van der Waals surface area (Å²) in [6.07, 6.45) is 3.74. The maximum Gasteiger partial charge on any atom is 0.475 e. The molecule has 2 fully saturated rings. The van der Waals surface area contributed by atoms with E-state index in [1.54, 1.807) is 6.92 Å². The Morgan fingerprint density at radius 2 is 1.47 bits per heavy atom. The molecule has 2 rings (SSSR count). The number of hydrogen-bond acceptors (Lipinski definition) is 4. The van der Waals surface area contributed by atoms with E-state index in [0.717, 1.165) is 25.7 Å². The molecule has 5 heteroatoms. The van der Waals surface area contributed by atoms with E-state index in [4.69, 9.17) is 13.6 Å². The van der Waals surface area contributed by atoms with Crippen LogP contribution < -0.4 is 0 Å². The third-order valence-electron chi connectivity index (χ3n) is 2.86. The van der Waals surface area contributed by atoms with Gasteiger partial charge >= 0.3 is 7.82 Å². The predicted molar refractivity (Wildman–Crippen MR) is 56.7 cm³/mol. The van der Waals surface area contributed by atoms with Gasteiger partial charge in [-0.15, -0.1) is 0 Å². The van der Waals surface area contributed by atoms with Crippen LogP contribution in [0.4, 0.5) is 0 Å². The quantitative estimate of drug-likeness (QED) is 0.661. The fraction of sp³-hybridized carbons (Fsp3) is 1.00. The molecule has 0 atom stereocenters. The van der Waals surface area contributed by atoms with Crippen molar-refractivity contribution in [1.82, 2.24) is 0 Å². The van der Waals surface area contributed by atoms with Gasteiger partial charge in [0.1, 0.15) is 0 Å². The van der Waals surface area contributed by atoms with E-state index in [2.05, 4.69) is 0 Å². The van der Waals surface area contributed by atoms with E-state index >= 15 is 0 Å². The molecular formula is C10H19O4P. The Bertz CT molecular complexity index is 270. The molecule has 0 N–H and O–H groups in total. The number of rotatable bonds is 6. The second kappa shape index (κ2) is 3.56. The highest BCUT2D eigenvalue weighted by atomic mass is 31.2. The van der Waals surface area contributed by atoms with E-state index in [1.165, 1.54) is 0 Å². The summed E-state index contributed by atoms with van der Waals surface area (Å²) in [6, 6.07) is 0. The van der Waals surface area contributed by atoms with Crippen LogP contribution in [-0.4, -0.2) is 17.8 Å². The monoisotopic (exact) mass is 234 g/mol. The van der Waals surface area contributed by atoms with Crippen LogP contribution in [-0.2, 0) is 18.1 Å². The molecule has 15 heavy (non-hydrogen) atoms. The van der Waals surface area contributed by atoms with Gasteiger partial charge in [0.2, 0.25) is 0 Å². The molecular weight excluding hydrogens is 215 g/mol. The second-order valence-electron chi connectivity index (χ2n) is 4.95. The average Bonchev–Trinajstić information content (AvgIpc) is 2.94. The van der Waals surface area contributed by atoms with Gasteiger partial charge < -0.3 is 0 Å². The van der Waals surface area contributed by atoms with Crippen LogP contribution in [0.5, 0.6) is 0 Å². The first-order chi connectivity index (χ1) is 6.89. The molecule has 0 bridgehead atoms. The van der Waals surface area contributed by atoms with Crippen molar-refractivity contribution in [3.05, 3.63) is 0 Å². The Balaban J connectivity index is 1.98. The molecule has 4 nitrogen and oxygen atoms in total. The van der Waals surface area contributed by atoms with Crippen molar-refractivity contribution >= 4 is 7.82 Å². The zero-order valence-corrected chi connectivity index (χ0v) is 10.5. The van der Waals surface area contributed by atoms with Crippen molar-refractivity contribution in [2.75, 3.05) is 6.61 Å². The van der Waals surface area contributed by atoms with Gasteiger partial charge in [-0.1, -0.05) is 0 Å². The molecule has 0 amide bonds. The normalized spacial score (nSPS) is 26.3. The number of hydrogen-bond donors (Lipinski definition) is 0. The van der Waals surface area contributed by atoms with Gasteiger partial charge in [0.25, 0.3) is 0 Å². The van der Waals surface area contributed by atoms with Gasteiger partial charge in [-0.25, -0.2) is 4.57 Å². The van der Waals surface area contributed by atoms with Gasteiger partial charge in [-0.3, -0.25) is 13.6 Å². The average molecular weight is 234 g/mol. The Kier molecular flexibility index (Phi) is 2.75. The summed E-state index contributed by atoms with van der Waals surface area (Å²) in [5.74, 6) is 0. The lowest BCUT2D eigenvalue weighted by atomic mass is 10.4. The summed E-state index contributed by atoms with van der Waals surface area (Å²) in [7, 11) is -3.34. The summed E-state index contributed by atoms with van der Waals surface area (Å²) < 4.78 is 28.4. The Morgan fingerprint density at radius 1 is 1.07 bits per heavy atom. The Labute approximate surface area is 90.9 Å². The van der Waals surface area contributed by atoms with Gasteiger partial charge in [-0.2, -0.15) is 0 Å². The zero-order valence-electron chi connectivity index (χ0n) is 9.62. The van der Waals surface area contributed by atoms with Crippen LogP contribution in [0.1, 0.15) is 46.5 Å². The minimum absolute atomic E-state index is 0.282. The lowest BCUT2D eigenvalue weighted by Gasteiger charge is -2.23. The molecule has 0 radical (unpaired) electrons. The van der Waals surface area contributed by atoms with E-state index in [9.17, 15) is 4.57 Å². The first-order valence-electron chi connectivity index (χ1n) is 5.55. The predicted octanol–water partition coefficient (Wildman–Crippen LogP) is 3.27. The van der Waals surface area contributed by atoms with E-state index in [-0.39, 0.29) is 11.2 Å². The van der Waals surface area contributed by atoms with Gasteiger partial charge in [0.15, 0.2) is 0 Å². The van der Waals surface area contributed by atoms with E-state index in [0.29, 0.717) is 6.61 Å². The maximum absolute atomic E-state index is 12.3. The molecule has 2 aliphatic carbocycles. The summed E-state index contributed by atoms with van der Waals surface area (Å²) in [5.41, 5.74) is -0.564. The van der Waals surface area contributed by atoms with Crippen LogP contribution >= 0.6 is 7.82 Å². The molecule has 88 valence electrons.